The molecule has 0 aliphatic carbocycles. The lowest BCUT2D eigenvalue weighted by Gasteiger charge is -2.19. The number of carbonyl (C=O) groups excluding carboxylic acids is 2. The van der Waals surface area contributed by atoms with E-state index in [0.29, 0.717) is 11.2 Å². The molecule has 25 heavy (non-hydrogen) atoms. The van der Waals surface area contributed by atoms with Crippen molar-refractivity contribution in [3.8, 4) is 11.8 Å². The second-order valence-corrected chi connectivity index (χ2v) is 7.01. The van der Waals surface area contributed by atoms with Crippen molar-refractivity contribution in [3.05, 3.63) is 30.0 Å². The van der Waals surface area contributed by atoms with Crippen LogP contribution in [-0.2, 0) is 9.53 Å². The summed E-state index contributed by atoms with van der Waals surface area (Å²) in [5.41, 5.74) is 0.380. The van der Waals surface area contributed by atoms with Gasteiger partial charge in [-0.3, -0.25) is 4.79 Å². The van der Waals surface area contributed by atoms with E-state index in [1.807, 2.05) is 18.2 Å². The first kappa shape index (κ1) is 17.0. The molecule has 1 aliphatic heterocycles. The number of fused-ring (bicyclic) bond motifs is 1. The third-order valence-electron chi connectivity index (χ3n) is 3.83. The molecule has 0 atom stereocenters. The maximum atomic E-state index is 12.4. The Balaban J connectivity index is 1.94. The first-order valence-electron chi connectivity index (χ1n) is 8.37. The van der Waals surface area contributed by atoms with Crippen molar-refractivity contribution >= 4 is 22.9 Å². The van der Waals surface area contributed by atoms with Gasteiger partial charge in [-0.1, -0.05) is 12.1 Å². The molecule has 0 N–H and O–H groups in total. The number of likely N-dealkylation sites (tertiary alicyclic amines) is 1. The second-order valence-electron chi connectivity index (χ2n) is 7.01. The lowest BCUT2D eigenvalue weighted by Crippen LogP contribution is -2.27. The van der Waals surface area contributed by atoms with Crippen LogP contribution in [0.25, 0.3) is 10.9 Å². The van der Waals surface area contributed by atoms with Crippen molar-refractivity contribution < 1.29 is 14.3 Å². The van der Waals surface area contributed by atoms with E-state index in [4.69, 9.17) is 4.74 Å². The summed E-state index contributed by atoms with van der Waals surface area (Å²) in [6, 6.07) is 7.27. The molecule has 1 saturated heterocycles. The van der Waals surface area contributed by atoms with Crippen molar-refractivity contribution in [2.45, 2.75) is 39.2 Å². The largest absolute Gasteiger partial charge is 0.442 e. The van der Waals surface area contributed by atoms with Gasteiger partial charge < -0.3 is 9.64 Å². The van der Waals surface area contributed by atoms with Crippen LogP contribution in [0.2, 0.25) is 0 Å². The molecule has 1 fully saturated rings. The summed E-state index contributed by atoms with van der Waals surface area (Å²) in [6.07, 6.45) is 1.47. The molecule has 6 nitrogen and oxygen atoms in total. The van der Waals surface area contributed by atoms with Gasteiger partial charge in [-0.15, -0.1) is 0 Å². The van der Waals surface area contributed by atoms with Crippen LogP contribution >= 0.6 is 0 Å². The highest BCUT2D eigenvalue weighted by atomic mass is 16.6. The van der Waals surface area contributed by atoms with Crippen LogP contribution in [0.3, 0.4) is 0 Å². The summed E-state index contributed by atoms with van der Waals surface area (Å²) in [5.74, 6) is 5.26. The van der Waals surface area contributed by atoms with Crippen LogP contribution < -0.4 is 0 Å². The quantitative estimate of drug-likeness (QED) is 0.692. The summed E-state index contributed by atoms with van der Waals surface area (Å²) in [5, 5.41) is 4.99. The minimum Gasteiger partial charge on any atom is -0.442 e. The normalized spacial score (nSPS) is 14.3. The number of hydrogen-bond acceptors (Lipinski definition) is 4. The molecule has 0 saturated carbocycles. The van der Waals surface area contributed by atoms with Gasteiger partial charge in [-0.05, 0) is 51.7 Å². The van der Waals surface area contributed by atoms with Crippen molar-refractivity contribution in [2.24, 2.45) is 0 Å². The molecule has 0 unspecified atom stereocenters. The number of ether oxygens (including phenoxy) is 1. The van der Waals surface area contributed by atoms with E-state index >= 15 is 0 Å². The molecule has 0 spiro atoms. The first-order valence-corrected chi connectivity index (χ1v) is 8.37. The SMILES string of the molecule is CC(C)(C)OC(=O)n1nc(C#CC(=O)N2CCCC2)c2ccccc21. The van der Waals surface area contributed by atoms with Crippen molar-refractivity contribution in [3.63, 3.8) is 0 Å². The molecule has 0 bridgehead atoms. The molecule has 130 valence electrons. The molecule has 1 aromatic heterocycles. The van der Waals surface area contributed by atoms with E-state index < -0.39 is 11.7 Å². The number of aromatic nitrogens is 2. The fraction of sp³-hybridized carbons (Fsp3) is 0.421. The van der Waals surface area contributed by atoms with Crippen molar-refractivity contribution in [2.75, 3.05) is 13.1 Å². The zero-order chi connectivity index (χ0) is 18.0. The number of hydrogen-bond donors (Lipinski definition) is 0. The Labute approximate surface area is 146 Å². The van der Waals surface area contributed by atoms with E-state index in [-0.39, 0.29) is 5.91 Å². The van der Waals surface area contributed by atoms with Gasteiger partial charge in [0.1, 0.15) is 11.3 Å². The Morgan fingerprint density at radius 3 is 2.52 bits per heavy atom. The standard InChI is InChI=1S/C19H21N3O3/c1-19(2,3)25-18(24)22-16-9-5-4-8-14(16)15(20-22)10-11-17(23)21-12-6-7-13-21/h4-5,8-9H,6-7,12-13H2,1-3H3. The van der Waals surface area contributed by atoms with Gasteiger partial charge in [0.2, 0.25) is 0 Å². The molecule has 1 aliphatic rings. The van der Waals surface area contributed by atoms with Crippen LogP contribution in [0, 0.1) is 11.8 Å². The predicted octanol–water partition coefficient (Wildman–Crippen LogP) is 2.79. The summed E-state index contributed by atoms with van der Waals surface area (Å²) >= 11 is 0. The Morgan fingerprint density at radius 1 is 1.16 bits per heavy atom. The van der Waals surface area contributed by atoms with Crippen LogP contribution in [0.5, 0.6) is 0 Å². The van der Waals surface area contributed by atoms with Gasteiger partial charge >= 0.3 is 6.09 Å². The second kappa shape index (κ2) is 6.60. The molecule has 2 aromatic rings. The van der Waals surface area contributed by atoms with Crippen LogP contribution in [-0.4, -0.2) is 45.4 Å². The topological polar surface area (TPSA) is 64.4 Å². The highest BCUT2D eigenvalue weighted by molar-refractivity contribution is 5.96. The van der Waals surface area contributed by atoms with E-state index in [2.05, 4.69) is 16.9 Å². The van der Waals surface area contributed by atoms with Crippen molar-refractivity contribution in [1.29, 1.82) is 0 Å². The Hall–Kier alpha value is -2.81. The number of para-hydroxylation sites is 1. The smallest absolute Gasteiger partial charge is 0.435 e. The fourth-order valence-corrected chi connectivity index (χ4v) is 2.71. The molecule has 6 heteroatoms. The van der Waals surface area contributed by atoms with Gasteiger partial charge in [-0.2, -0.15) is 9.78 Å². The summed E-state index contributed by atoms with van der Waals surface area (Å²) in [4.78, 5) is 26.2. The molecule has 3 rings (SSSR count). The monoisotopic (exact) mass is 339 g/mol. The number of benzene rings is 1. The molecule has 0 radical (unpaired) electrons. The Morgan fingerprint density at radius 2 is 1.84 bits per heavy atom. The fourth-order valence-electron chi connectivity index (χ4n) is 2.71. The zero-order valence-corrected chi connectivity index (χ0v) is 14.7. The maximum Gasteiger partial charge on any atom is 0.435 e. The van der Waals surface area contributed by atoms with E-state index in [1.54, 1.807) is 31.7 Å². The molecular weight excluding hydrogens is 318 g/mol. The highest BCUT2D eigenvalue weighted by Crippen LogP contribution is 2.19. The summed E-state index contributed by atoms with van der Waals surface area (Å²) in [7, 11) is 0. The summed E-state index contributed by atoms with van der Waals surface area (Å²) < 4.78 is 6.59. The molecule has 1 amide bonds. The number of carbonyl (C=O) groups is 2. The third kappa shape index (κ3) is 3.82. The minimum atomic E-state index is -0.623. The van der Waals surface area contributed by atoms with Gasteiger partial charge in [0.15, 0.2) is 0 Å². The van der Waals surface area contributed by atoms with Crippen LogP contribution in [0.1, 0.15) is 39.3 Å². The van der Waals surface area contributed by atoms with E-state index in [9.17, 15) is 9.59 Å². The molecular formula is C19H21N3O3. The Kier molecular flexibility index (Phi) is 4.49. The number of nitrogens with zero attached hydrogens (tertiary/aromatic N) is 3. The maximum absolute atomic E-state index is 12.4. The average molecular weight is 339 g/mol. The number of rotatable bonds is 0. The van der Waals surface area contributed by atoms with Crippen LogP contribution in [0.4, 0.5) is 4.79 Å². The molecule has 2 heterocycles. The van der Waals surface area contributed by atoms with Gasteiger partial charge in [-0.25, -0.2) is 4.79 Å². The first-order chi connectivity index (χ1) is 11.8. The van der Waals surface area contributed by atoms with Gasteiger partial charge in [0.25, 0.3) is 5.91 Å². The zero-order valence-electron chi connectivity index (χ0n) is 14.7. The van der Waals surface area contributed by atoms with Crippen molar-refractivity contribution in [1.82, 2.24) is 14.7 Å². The lowest BCUT2D eigenvalue weighted by atomic mass is 10.2. The van der Waals surface area contributed by atoms with Gasteiger partial charge in [0.05, 0.1) is 5.52 Å². The van der Waals surface area contributed by atoms with Crippen LogP contribution in [0.15, 0.2) is 24.3 Å². The highest BCUT2D eigenvalue weighted by Gasteiger charge is 2.22. The van der Waals surface area contributed by atoms with E-state index in [1.165, 1.54) is 4.68 Å². The average Bonchev–Trinajstić information content (AvgIpc) is 3.19. The lowest BCUT2D eigenvalue weighted by molar-refractivity contribution is -0.124. The Bertz CT molecular complexity index is 875. The molecule has 1 aromatic carbocycles. The van der Waals surface area contributed by atoms with E-state index in [0.717, 1.165) is 31.3 Å². The summed E-state index contributed by atoms with van der Waals surface area (Å²) in [6.45, 7) is 6.89. The predicted molar refractivity (Wildman–Crippen MR) is 94.1 cm³/mol. The minimum absolute atomic E-state index is 0.201. The number of amides is 1. The third-order valence-corrected chi connectivity index (χ3v) is 3.83. The van der Waals surface area contributed by atoms with Gasteiger partial charge in [0, 0.05) is 24.4 Å².